The smallest absolute Gasteiger partial charge is 0.264 e. The number of fused-ring (bicyclic) bond motifs is 3. The molecule has 0 saturated carbocycles. The Morgan fingerprint density at radius 3 is 1.40 bits per heavy atom. The maximum absolute atomic E-state index is 13.8. The molecule has 3 rings (SSSR count). The molecule has 0 N–H and O–H groups in total. The fraction of sp³-hybridized carbons (Fsp3) is 0.733. The largest absolute Gasteiger partial charge is 0.265 e. The van der Waals surface area contributed by atoms with Crippen molar-refractivity contribution in [3.8, 4) is 9.75 Å². The first-order valence-electron chi connectivity index (χ1n) is 17.7. The van der Waals surface area contributed by atoms with E-state index in [1.807, 2.05) is 13.0 Å². The molecular formula is C30H65NO2P14S3. The van der Waals surface area contributed by atoms with Crippen LogP contribution in [0.5, 0.6) is 0 Å². The van der Waals surface area contributed by atoms with E-state index in [1.165, 1.54) is 94.8 Å². The Labute approximate surface area is 341 Å². The highest BCUT2D eigenvalue weighted by molar-refractivity contribution is 9.27. The van der Waals surface area contributed by atoms with Crippen molar-refractivity contribution in [2.45, 2.75) is 135 Å². The van der Waals surface area contributed by atoms with E-state index in [0.717, 1.165) is 33.2 Å². The monoisotopic (exact) mass is 1000 g/mol. The van der Waals surface area contributed by atoms with E-state index in [0.29, 0.717) is 17.4 Å². The zero-order valence-electron chi connectivity index (χ0n) is 30.5. The summed E-state index contributed by atoms with van der Waals surface area (Å²) >= 11 is 3.37. The van der Waals surface area contributed by atoms with Gasteiger partial charge in [-0.15, -0.1) is 94.1 Å². The Bertz CT molecular complexity index is 1310. The molecule has 2 aromatic heterocycles. The highest BCUT2D eigenvalue weighted by atomic mass is 33.3. The van der Waals surface area contributed by atoms with Crippen LogP contribution in [0, 0.1) is 19.8 Å². The minimum absolute atomic E-state index is 0.0856. The summed E-state index contributed by atoms with van der Waals surface area (Å²) in [6.45, 7) is 10.0. The van der Waals surface area contributed by atoms with Gasteiger partial charge in [-0.05, 0) is 86.7 Å². The highest BCUT2D eigenvalue weighted by Crippen LogP contribution is 3.21. The lowest BCUT2D eigenvalue weighted by atomic mass is 9.93. The number of sulfonamides is 1. The van der Waals surface area contributed by atoms with Crippen LogP contribution in [0.2, 0.25) is 0 Å². The first-order valence-corrected chi connectivity index (χ1v) is 45.3. The van der Waals surface area contributed by atoms with Crippen LogP contribution >= 0.6 is 136 Å². The molecule has 0 aliphatic carbocycles. The normalized spacial score (nSPS) is 14.6. The predicted octanol–water partition coefficient (Wildman–Crippen LogP) is 18.3. The molecule has 0 bridgehead atoms. The van der Waals surface area contributed by atoms with Gasteiger partial charge in [-0.3, -0.25) is 4.31 Å². The van der Waals surface area contributed by atoms with Gasteiger partial charge in [0.1, 0.15) is 4.90 Å². The van der Waals surface area contributed by atoms with Crippen LogP contribution in [0.4, 0.5) is 5.69 Å². The molecule has 3 heterocycles. The lowest BCUT2D eigenvalue weighted by Crippen LogP contribution is -2.37. The summed E-state index contributed by atoms with van der Waals surface area (Å²) < 4.78 is 29.4. The van der Waals surface area contributed by atoms with Gasteiger partial charge in [0.05, 0.1) is 15.4 Å². The number of rotatable bonds is 23. The predicted molar refractivity (Wildman–Crippen MR) is 280 cm³/mol. The molecule has 0 radical (unpaired) electrons. The maximum Gasteiger partial charge on any atom is 0.265 e. The van der Waals surface area contributed by atoms with Crippen LogP contribution in [-0.4, -0.2) is 15.0 Å². The van der Waals surface area contributed by atoms with E-state index in [-0.39, 0.29) is 41.9 Å². The van der Waals surface area contributed by atoms with Crippen molar-refractivity contribution in [2.75, 3.05) is 10.8 Å². The number of unbranched alkanes of at least 4 members (excludes halogenated alkanes) is 12. The number of hydrogen-bond acceptors (Lipinski definition) is 4. The van der Waals surface area contributed by atoms with Gasteiger partial charge in [0, 0.05) is 16.3 Å². The Morgan fingerprint density at radius 1 is 0.600 bits per heavy atom. The van der Waals surface area contributed by atoms with Crippen LogP contribution in [0.1, 0.15) is 126 Å². The molecule has 0 fully saturated rings. The van der Waals surface area contributed by atoms with Crippen molar-refractivity contribution >= 4 is 152 Å². The van der Waals surface area contributed by atoms with Crippen molar-refractivity contribution in [1.29, 1.82) is 0 Å². The molecular weight excluding hydrogens is 936 g/mol. The molecule has 9 unspecified atom stereocenters. The van der Waals surface area contributed by atoms with Gasteiger partial charge in [0.25, 0.3) is 10.0 Å². The van der Waals surface area contributed by atoms with Gasteiger partial charge in [-0.25, -0.2) is 8.42 Å². The van der Waals surface area contributed by atoms with Gasteiger partial charge in [0.2, 0.25) is 0 Å². The zero-order valence-corrected chi connectivity index (χ0v) is 47.6. The topological polar surface area (TPSA) is 37.4 Å². The third-order valence-corrected chi connectivity index (χ3v) is 91.6. The van der Waals surface area contributed by atoms with Gasteiger partial charge >= 0.3 is 0 Å². The molecule has 9 atom stereocenters. The standard InChI is InChI=1S/C30H49NO2S3.H16P14/c1-5-7-9-11-13-14-16-18-20-26(19-17-15-12-10-8-6-2)23-31-27-21-24(3)34-29(27)30-28(36(31,32)33)22-25(4)35-30;1-9(2)13(10(3)4)14(11(5)6)12(7)8/h21-22,26H,5-20,23H2,1-4H3;1-8H2. The van der Waals surface area contributed by atoms with Gasteiger partial charge in [-0.1, -0.05) is 104 Å². The second-order valence-electron chi connectivity index (χ2n) is 12.9. The second-order valence-corrected chi connectivity index (χ2v) is 70.7. The molecule has 0 amide bonds. The summed E-state index contributed by atoms with van der Waals surface area (Å²) in [5.41, 5.74) is 0.927. The highest BCUT2D eigenvalue weighted by Gasteiger charge is 2.39. The Hall–Kier alpha value is 5.17. The minimum atomic E-state index is -3.50. The molecule has 2 aromatic rings. The van der Waals surface area contributed by atoms with Crippen LogP contribution in [-0.2, 0) is 10.0 Å². The molecule has 0 aromatic carbocycles. The summed E-state index contributed by atoms with van der Waals surface area (Å²) in [6.07, 6.45) is 20.6. The average molecular weight is 1000 g/mol. The molecule has 1 aliphatic heterocycles. The molecule has 290 valence electrons. The van der Waals surface area contributed by atoms with E-state index in [4.69, 9.17) is 0 Å². The summed E-state index contributed by atoms with van der Waals surface area (Å²) in [4.78, 5) is 4.90. The lowest BCUT2D eigenvalue weighted by Gasteiger charge is -2.37. The van der Waals surface area contributed by atoms with Crippen LogP contribution < -0.4 is 4.31 Å². The summed E-state index contributed by atoms with van der Waals surface area (Å²) in [5, 5.41) is 0. The van der Waals surface area contributed by atoms with E-state index in [9.17, 15) is 8.42 Å². The first kappa shape index (κ1) is 51.3. The number of anilines is 1. The van der Waals surface area contributed by atoms with E-state index in [2.05, 4.69) is 98.3 Å². The molecule has 50 heavy (non-hydrogen) atoms. The van der Waals surface area contributed by atoms with Crippen molar-refractivity contribution in [1.82, 2.24) is 0 Å². The zero-order chi connectivity index (χ0) is 37.4. The lowest BCUT2D eigenvalue weighted by molar-refractivity contribution is 0.409. The Morgan fingerprint density at radius 2 is 0.980 bits per heavy atom. The number of thiophene rings is 2. The van der Waals surface area contributed by atoms with Gasteiger partial charge < -0.3 is 0 Å². The third kappa shape index (κ3) is 17.4. The van der Waals surface area contributed by atoms with Gasteiger partial charge in [-0.2, -0.15) is 0 Å². The average Bonchev–Trinajstić information content (AvgIpc) is 3.62. The van der Waals surface area contributed by atoms with Crippen molar-refractivity contribution in [2.24, 2.45) is 5.92 Å². The second kappa shape index (κ2) is 27.8. The quantitative estimate of drug-likeness (QED) is 0.0822. The van der Waals surface area contributed by atoms with Crippen molar-refractivity contribution in [3.05, 3.63) is 21.9 Å². The fourth-order valence-corrected chi connectivity index (χ4v) is 158. The first-order chi connectivity index (χ1) is 23.7. The van der Waals surface area contributed by atoms with Crippen LogP contribution in [0.25, 0.3) is 9.75 Å². The maximum atomic E-state index is 13.8. The van der Waals surface area contributed by atoms with Gasteiger partial charge in [0.15, 0.2) is 0 Å². The van der Waals surface area contributed by atoms with Crippen LogP contribution in [0.3, 0.4) is 0 Å². The number of nitrogens with zero attached hydrogens (tertiary/aromatic N) is 1. The van der Waals surface area contributed by atoms with E-state index >= 15 is 0 Å². The molecule has 20 heteroatoms. The van der Waals surface area contributed by atoms with E-state index in [1.54, 1.807) is 27.0 Å². The SMILES string of the molecule is CCCCCCCCCCC(CCCCCCCC)CN1c2cc(C)sc2-c2sc(C)cc2S1(=O)=O.PP(P)P(P(P)P)P(P(P)P)P(P)P. The van der Waals surface area contributed by atoms with E-state index < -0.39 is 10.0 Å². The fourth-order valence-electron chi connectivity index (χ4n) is 6.08. The minimum Gasteiger partial charge on any atom is -0.264 e. The molecule has 1 aliphatic rings. The van der Waals surface area contributed by atoms with Crippen molar-refractivity contribution < 1.29 is 8.42 Å². The molecule has 0 saturated heterocycles. The Kier molecular flexibility index (Phi) is 28.6. The number of hydrogen-bond donors (Lipinski definition) is 0. The van der Waals surface area contributed by atoms with Crippen LogP contribution in [0.15, 0.2) is 17.0 Å². The molecule has 0 spiro atoms. The summed E-state index contributed by atoms with van der Waals surface area (Å²) in [5.74, 6) is 0.431. The number of aryl methyl sites for hydroxylation is 2. The summed E-state index contributed by atoms with van der Waals surface area (Å²) in [7, 11) is 20.9. The Balaban J connectivity index is 0.000000523. The van der Waals surface area contributed by atoms with Crippen molar-refractivity contribution in [3.63, 3.8) is 0 Å². The molecule has 3 nitrogen and oxygen atoms in total. The summed E-state index contributed by atoms with van der Waals surface area (Å²) in [6, 6.07) is 4.00. The third-order valence-electron chi connectivity index (χ3n) is 8.54.